The molecule has 0 saturated heterocycles. The Morgan fingerprint density at radius 2 is 1.52 bits per heavy atom. The first kappa shape index (κ1) is 32.0. The molecule has 236 valence electrons. The van der Waals surface area contributed by atoms with Gasteiger partial charge in [-0.3, -0.25) is 14.6 Å². The molecule has 5 rings (SSSR count). The number of ether oxygens (including phenoxy) is 3. The summed E-state index contributed by atoms with van der Waals surface area (Å²) in [6.45, 7) is 0.391. The van der Waals surface area contributed by atoms with Crippen molar-refractivity contribution in [3.05, 3.63) is 108 Å². The minimum Gasteiger partial charge on any atom is -0.493 e. The van der Waals surface area contributed by atoms with Crippen LogP contribution in [0.2, 0.25) is 0 Å². The van der Waals surface area contributed by atoms with Crippen LogP contribution in [0.3, 0.4) is 0 Å². The number of benzene rings is 4. The molecule has 4 aromatic carbocycles. The van der Waals surface area contributed by atoms with Gasteiger partial charge in [0.25, 0.3) is 5.91 Å². The molecular formula is C35H30F3N3O5. The number of nitrogens with zero attached hydrogens (tertiary/aromatic N) is 2. The van der Waals surface area contributed by atoms with Gasteiger partial charge >= 0.3 is 6.18 Å². The van der Waals surface area contributed by atoms with E-state index in [9.17, 15) is 22.8 Å². The van der Waals surface area contributed by atoms with Crippen LogP contribution in [0.5, 0.6) is 23.0 Å². The van der Waals surface area contributed by atoms with E-state index in [2.05, 4.69) is 10.3 Å². The summed E-state index contributed by atoms with van der Waals surface area (Å²) in [7, 11) is 6.61. The highest BCUT2D eigenvalue weighted by molar-refractivity contribution is 6.14. The number of nitrogens with one attached hydrogen (secondary N) is 1. The summed E-state index contributed by atoms with van der Waals surface area (Å²) < 4.78 is 59.1. The summed E-state index contributed by atoms with van der Waals surface area (Å²) in [5.74, 6) is 0.524. The van der Waals surface area contributed by atoms with Gasteiger partial charge in [-0.1, -0.05) is 30.3 Å². The van der Waals surface area contributed by atoms with Gasteiger partial charge in [0.15, 0.2) is 17.3 Å². The molecule has 0 aliphatic carbocycles. The monoisotopic (exact) mass is 629 g/mol. The van der Waals surface area contributed by atoms with Crippen LogP contribution in [0.4, 0.5) is 18.9 Å². The van der Waals surface area contributed by atoms with E-state index in [-0.39, 0.29) is 11.3 Å². The topological polar surface area (TPSA) is 90.0 Å². The number of likely N-dealkylation sites (N-methyl/N-ethyl adjacent to an activating group) is 1. The van der Waals surface area contributed by atoms with Crippen LogP contribution in [0.25, 0.3) is 21.7 Å². The molecule has 0 fully saturated rings. The SMILES string of the molecule is COc1cc2nccc(Oc3cccc4c(C(=O)Nc5ccc(C(=O)/C=C/CN(C)C)c(C(F)(F)F)c5)cccc34)c2cc1OC. The summed E-state index contributed by atoms with van der Waals surface area (Å²) in [6.07, 6.45) is -0.622. The minimum atomic E-state index is -4.82. The van der Waals surface area contributed by atoms with E-state index in [1.165, 1.54) is 26.4 Å². The van der Waals surface area contributed by atoms with Crippen molar-refractivity contribution in [1.29, 1.82) is 0 Å². The highest BCUT2D eigenvalue weighted by atomic mass is 19.4. The van der Waals surface area contributed by atoms with Gasteiger partial charge in [-0.25, -0.2) is 0 Å². The Morgan fingerprint density at radius 1 is 0.826 bits per heavy atom. The van der Waals surface area contributed by atoms with Crippen LogP contribution in [-0.2, 0) is 6.18 Å². The van der Waals surface area contributed by atoms with E-state index in [0.29, 0.717) is 51.2 Å². The first-order valence-corrected chi connectivity index (χ1v) is 14.1. The third kappa shape index (κ3) is 6.79. The number of hydrogen-bond acceptors (Lipinski definition) is 7. The van der Waals surface area contributed by atoms with Crippen LogP contribution in [-0.4, -0.2) is 56.4 Å². The van der Waals surface area contributed by atoms with Gasteiger partial charge in [-0.15, -0.1) is 0 Å². The van der Waals surface area contributed by atoms with Crippen molar-refractivity contribution >= 4 is 39.1 Å². The Bertz CT molecular complexity index is 1970. The molecule has 0 unspecified atom stereocenters. The van der Waals surface area contributed by atoms with Crippen molar-refractivity contribution in [2.45, 2.75) is 6.18 Å². The highest BCUT2D eigenvalue weighted by Crippen LogP contribution is 2.39. The lowest BCUT2D eigenvalue weighted by Gasteiger charge is -2.15. The summed E-state index contributed by atoms with van der Waals surface area (Å²) in [4.78, 5) is 32.2. The van der Waals surface area contributed by atoms with Gasteiger partial charge in [-0.2, -0.15) is 13.2 Å². The van der Waals surface area contributed by atoms with E-state index in [1.807, 2.05) is 0 Å². The second kappa shape index (κ2) is 13.3. The maximum Gasteiger partial charge on any atom is 0.417 e. The van der Waals surface area contributed by atoms with Crippen molar-refractivity contribution in [2.24, 2.45) is 0 Å². The number of anilines is 1. The lowest BCUT2D eigenvalue weighted by atomic mass is 10.0. The number of hydrogen-bond donors (Lipinski definition) is 1. The van der Waals surface area contributed by atoms with Gasteiger partial charge in [0.05, 0.1) is 25.3 Å². The number of aromatic nitrogens is 1. The van der Waals surface area contributed by atoms with Gasteiger partial charge in [0, 0.05) is 46.4 Å². The second-order valence-corrected chi connectivity index (χ2v) is 10.5. The Morgan fingerprint density at radius 3 is 2.24 bits per heavy atom. The highest BCUT2D eigenvalue weighted by Gasteiger charge is 2.35. The number of carbonyl (C=O) groups is 2. The number of carbonyl (C=O) groups excluding carboxylic acids is 2. The zero-order valence-corrected chi connectivity index (χ0v) is 25.4. The maximum absolute atomic E-state index is 14.0. The molecule has 1 heterocycles. The van der Waals surface area contributed by atoms with E-state index in [4.69, 9.17) is 14.2 Å². The Balaban J connectivity index is 1.46. The predicted octanol–water partition coefficient (Wildman–Crippen LogP) is 7.77. The van der Waals surface area contributed by atoms with E-state index in [1.54, 1.807) is 79.8 Å². The Kier molecular flexibility index (Phi) is 9.24. The summed E-state index contributed by atoms with van der Waals surface area (Å²) in [6, 6.07) is 18.5. The summed E-state index contributed by atoms with van der Waals surface area (Å²) in [5.41, 5.74) is -0.923. The van der Waals surface area contributed by atoms with Crippen LogP contribution in [0.15, 0.2) is 91.1 Å². The number of alkyl halides is 3. The number of ketones is 1. The lowest BCUT2D eigenvalue weighted by molar-refractivity contribution is -0.137. The molecule has 0 aliphatic rings. The molecule has 0 spiro atoms. The summed E-state index contributed by atoms with van der Waals surface area (Å²) >= 11 is 0. The Labute approximate surface area is 263 Å². The molecule has 11 heteroatoms. The zero-order valence-electron chi connectivity index (χ0n) is 25.4. The number of methoxy groups -OCH3 is 2. The summed E-state index contributed by atoms with van der Waals surface area (Å²) in [5, 5.41) is 4.34. The van der Waals surface area contributed by atoms with E-state index < -0.39 is 29.0 Å². The zero-order chi connectivity index (χ0) is 33.0. The fourth-order valence-corrected chi connectivity index (χ4v) is 4.95. The largest absolute Gasteiger partial charge is 0.493 e. The van der Waals surface area contributed by atoms with Crippen LogP contribution >= 0.6 is 0 Å². The number of allylic oxidation sites excluding steroid dienone is 1. The fourth-order valence-electron chi connectivity index (χ4n) is 4.95. The number of rotatable bonds is 10. The average molecular weight is 630 g/mol. The lowest BCUT2D eigenvalue weighted by Crippen LogP contribution is -2.16. The number of amides is 1. The standard InChI is InChI=1S/C35H30F3N3O5/c1-41(2)17-7-11-29(42)25-14-13-21(18-27(25)35(36,37)38)40-34(43)24-10-5-9-23-22(24)8-6-12-30(23)46-31-15-16-39-28-20-33(45-4)32(44-3)19-26(28)31/h5-16,18-20H,17H2,1-4H3,(H,40,43)/b11-7+. The number of fused-ring (bicyclic) bond motifs is 2. The molecule has 0 aliphatic heterocycles. The molecule has 8 nitrogen and oxygen atoms in total. The molecule has 0 bridgehead atoms. The first-order valence-electron chi connectivity index (χ1n) is 14.1. The van der Waals surface area contributed by atoms with Gasteiger partial charge in [0.2, 0.25) is 0 Å². The van der Waals surface area contributed by atoms with E-state index in [0.717, 1.165) is 18.2 Å². The Hall–Kier alpha value is -5.42. The average Bonchev–Trinajstić information content (AvgIpc) is 3.03. The molecule has 1 aromatic heterocycles. The number of halogens is 3. The van der Waals surface area contributed by atoms with Gasteiger partial charge in [0.1, 0.15) is 11.5 Å². The molecule has 46 heavy (non-hydrogen) atoms. The van der Waals surface area contributed by atoms with Crippen LogP contribution in [0, 0.1) is 0 Å². The third-order valence-electron chi connectivity index (χ3n) is 7.14. The molecule has 1 amide bonds. The van der Waals surface area contributed by atoms with Gasteiger partial charge in [-0.05, 0) is 68.0 Å². The van der Waals surface area contributed by atoms with Crippen LogP contribution < -0.4 is 19.5 Å². The van der Waals surface area contributed by atoms with Crippen molar-refractivity contribution in [2.75, 3.05) is 40.2 Å². The predicted molar refractivity (Wildman–Crippen MR) is 170 cm³/mol. The molecular weight excluding hydrogens is 599 g/mol. The van der Waals surface area contributed by atoms with Crippen molar-refractivity contribution < 1.29 is 37.0 Å². The van der Waals surface area contributed by atoms with Crippen molar-refractivity contribution in [3.8, 4) is 23.0 Å². The van der Waals surface area contributed by atoms with Crippen molar-refractivity contribution in [3.63, 3.8) is 0 Å². The smallest absolute Gasteiger partial charge is 0.417 e. The van der Waals surface area contributed by atoms with E-state index >= 15 is 0 Å². The quantitative estimate of drug-likeness (QED) is 0.125. The second-order valence-electron chi connectivity index (χ2n) is 10.5. The molecule has 1 N–H and O–H groups in total. The third-order valence-corrected chi connectivity index (χ3v) is 7.14. The van der Waals surface area contributed by atoms with Gasteiger partial charge < -0.3 is 24.4 Å². The molecule has 5 aromatic rings. The molecule has 0 radical (unpaired) electrons. The maximum atomic E-state index is 14.0. The fraction of sp³-hybridized carbons (Fsp3) is 0.171. The minimum absolute atomic E-state index is 0.108. The molecule has 0 atom stereocenters. The van der Waals surface area contributed by atoms with Crippen LogP contribution in [0.1, 0.15) is 26.3 Å². The first-order chi connectivity index (χ1) is 22.0. The van der Waals surface area contributed by atoms with Crippen molar-refractivity contribution in [1.82, 2.24) is 9.88 Å². The normalized spacial score (nSPS) is 11.7. The number of pyridine rings is 1. The molecule has 0 saturated carbocycles.